The number of nitrogens with zero attached hydrogens (tertiary/aromatic N) is 1. The quantitative estimate of drug-likeness (QED) is 0.715. The Morgan fingerprint density at radius 3 is 2.74 bits per heavy atom. The van der Waals surface area contributed by atoms with E-state index in [0.29, 0.717) is 21.8 Å². The summed E-state index contributed by atoms with van der Waals surface area (Å²) in [6.07, 6.45) is 0. The number of anilines is 2. The second-order valence-corrected chi connectivity index (χ2v) is 5.95. The van der Waals surface area contributed by atoms with Crippen LogP contribution in [0, 0.1) is 12.7 Å². The van der Waals surface area contributed by atoms with E-state index >= 15 is 0 Å². The number of aromatic nitrogens is 2. The van der Waals surface area contributed by atoms with Crippen molar-refractivity contribution in [3.63, 3.8) is 0 Å². The van der Waals surface area contributed by atoms with E-state index in [9.17, 15) is 9.18 Å². The highest BCUT2D eigenvalue weighted by Crippen LogP contribution is 2.26. The Kier molecular flexibility index (Phi) is 4.25. The van der Waals surface area contributed by atoms with Crippen molar-refractivity contribution in [2.24, 2.45) is 0 Å². The molecule has 0 bridgehead atoms. The summed E-state index contributed by atoms with van der Waals surface area (Å²) in [6, 6.07) is 13.4. The minimum absolute atomic E-state index is 0.266. The first kappa shape index (κ1) is 15.4. The van der Waals surface area contributed by atoms with Gasteiger partial charge in [-0.3, -0.25) is 9.78 Å². The molecule has 0 fully saturated rings. The van der Waals surface area contributed by atoms with Gasteiger partial charge in [0.15, 0.2) is 0 Å². The molecular weight excluding hydrogens is 361 g/mol. The molecule has 0 atom stereocenters. The first-order valence-electron chi connectivity index (χ1n) is 6.92. The predicted octanol–water partition coefficient (Wildman–Crippen LogP) is 4.39. The third-order valence-corrected chi connectivity index (χ3v) is 3.90. The van der Waals surface area contributed by atoms with E-state index in [0.717, 1.165) is 11.1 Å². The Labute approximate surface area is 140 Å². The highest BCUT2D eigenvalue weighted by atomic mass is 79.9. The summed E-state index contributed by atoms with van der Waals surface area (Å²) in [5.41, 5.74) is 2.85. The molecular formula is C17H13BrFN3O. The number of H-pyrrole nitrogens is 1. The van der Waals surface area contributed by atoms with Crippen LogP contribution in [0.3, 0.4) is 0 Å². The molecule has 0 aliphatic heterocycles. The standard InChI is InChI=1S/C17H13BrFN3O/c1-10-3-2-4-11(7-10)15-9-16(23)22-17(21-15)20-14-6-5-12(19)8-13(14)18/h2-9H,1H3,(H2,20,21,22,23). The summed E-state index contributed by atoms with van der Waals surface area (Å²) in [5.74, 6) is -0.0568. The van der Waals surface area contributed by atoms with Crippen LogP contribution in [-0.4, -0.2) is 9.97 Å². The molecule has 0 aliphatic rings. The number of rotatable bonds is 3. The van der Waals surface area contributed by atoms with E-state index in [1.165, 1.54) is 18.2 Å². The summed E-state index contributed by atoms with van der Waals surface area (Å²) in [6.45, 7) is 1.98. The Morgan fingerprint density at radius 2 is 2.00 bits per heavy atom. The zero-order chi connectivity index (χ0) is 16.4. The Balaban J connectivity index is 1.99. The monoisotopic (exact) mass is 373 g/mol. The molecule has 0 unspecified atom stereocenters. The summed E-state index contributed by atoms with van der Waals surface area (Å²) in [7, 11) is 0. The molecule has 4 nitrogen and oxygen atoms in total. The van der Waals surface area contributed by atoms with Crippen molar-refractivity contribution in [1.82, 2.24) is 9.97 Å². The number of benzene rings is 2. The molecule has 0 saturated heterocycles. The van der Waals surface area contributed by atoms with Crippen molar-refractivity contribution in [3.8, 4) is 11.3 Å². The summed E-state index contributed by atoms with van der Waals surface area (Å²) >= 11 is 3.27. The highest BCUT2D eigenvalue weighted by Gasteiger charge is 2.07. The van der Waals surface area contributed by atoms with Gasteiger partial charge in [-0.25, -0.2) is 9.37 Å². The molecule has 0 radical (unpaired) electrons. The van der Waals surface area contributed by atoms with Gasteiger partial charge >= 0.3 is 0 Å². The van der Waals surface area contributed by atoms with Gasteiger partial charge in [0, 0.05) is 16.1 Å². The number of hydrogen-bond acceptors (Lipinski definition) is 3. The van der Waals surface area contributed by atoms with Crippen LogP contribution in [0.15, 0.2) is 57.8 Å². The van der Waals surface area contributed by atoms with Gasteiger partial charge in [0.25, 0.3) is 5.56 Å². The number of nitrogens with one attached hydrogen (secondary N) is 2. The fraction of sp³-hybridized carbons (Fsp3) is 0.0588. The number of aromatic amines is 1. The molecule has 116 valence electrons. The molecule has 0 aliphatic carbocycles. The average molecular weight is 374 g/mol. The van der Waals surface area contributed by atoms with E-state index in [1.54, 1.807) is 6.07 Å². The third-order valence-electron chi connectivity index (χ3n) is 3.24. The fourth-order valence-electron chi connectivity index (χ4n) is 2.19. The number of aryl methyl sites for hydroxylation is 1. The molecule has 2 aromatic carbocycles. The van der Waals surface area contributed by atoms with Crippen molar-refractivity contribution in [2.75, 3.05) is 5.32 Å². The van der Waals surface area contributed by atoms with Crippen LogP contribution in [0.4, 0.5) is 16.0 Å². The minimum atomic E-state index is -0.350. The zero-order valence-corrected chi connectivity index (χ0v) is 13.8. The lowest BCUT2D eigenvalue weighted by molar-refractivity contribution is 0.627. The molecule has 1 aromatic heterocycles. The summed E-state index contributed by atoms with van der Waals surface area (Å²) < 4.78 is 13.7. The van der Waals surface area contributed by atoms with Gasteiger partial charge in [0.2, 0.25) is 5.95 Å². The van der Waals surface area contributed by atoms with Gasteiger partial charge in [-0.1, -0.05) is 23.8 Å². The third kappa shape index (κ3) is 3.65. The molecule has 0 spiro atoms. The fourth-order valence-corrected chi connectivity index (χ4v) is 2.64. The Hall–Kier alpha value is -2.47. The SMILES string of the molecule is Cc1cccc(-c2cc(=O)[nH]c(Nc3ccc(F)cc3Br)n2)c1. The minimum Gasteiger partial charge on any atom is -0.325 e. The first-order valence-corrected chi connectivity index (χ1v) is 7.71. The maximum Gasteiger partial charge on any atom is 0.252 e. The van der Waals surface area contributed by atoms with Gasteiger partial charge < -0.3 is 5.32 Å². The van der Waals surface area contributed by atoms with Gasteiger partial charge in [-0.2, -0.15) is 0 Å². The zero-order valence-electron chi connectivity index (χ0n) is 12.2. The van der Waals surface area contributed by atoms with E-state index < -0.39 is 0 Å². The molecule has 6 heteroatoms. The van der Waals surface area contributed by atoms with E-state index in [1.807, 2.05) is 31.2 Å². The normalized spacial score (nSPS) is 10.6. The molecule has 0 amide bonds. The van der Waals surface area contributed by atoms with Crippen molar-refractivity contribution in [1.29, 1.82) is 0 Å². The Morgan fingerprint density at radius 1 is 1.17 bits per heavy atom. The predicted molar refractivity (Wildman–Crippen MR) is 92.4 cm³/mol. The second-order valence-electron chi connectivity index (χ2n) is 5.10. The van der Waals surface area contributed by atoms with Gasteiger partial charge in [-0.15, -0.1) is 0 Å². The molecule has 0 saturated carbocycles. The Bertz CT molecular complexity index is 924. The van der Waals surface area contributed by atoms with E-state index in [-0.39, 0.29) is 11.4 Å². The van der Waals surface area contributed by atoms with Crippen LogP contribution >= 0.6 is 15.9 Å². The average Bonchev–Trinajstić information content (AvgIpc) is 2.50. The lowest BCUT2D eigenvalue weighted by Gasteiger charge is -2.09. The topological polar surface area (TPSA) is 57.8 Å². The van der Waals surface area contributed by atoms with Crippen molar-refractivity contribution >= 4 is 27.6 Å². The summed E-state index contributed by atoms with van der Waals surface area (Å²) in [4.78, 5) is 18.9. The van der Waals surface area contributed by atoms with Gasteiger partial charge in [-0.05, 0) is 47.1 Å². The van der Waals surface area contributed by atoms with E-state index in [2.05, 4.69) is 31.2 Å². The maximum absolute atomic E-state index is 13.1. The smallest absolute Gasteiger partial charge is 0.252 e. The highest BCUT2D eigenvalue weighted by molar-refractivity contribution is 9.10. The van der Waals surface area contributed by atoms with Crippen molar-refractivity contribution in [2.45, 2.75) is 6.92 Å². The molecule has 2 N–H and O–H groups in total. The molecule has 1 heterocycles. The van der Waals surface area contributed by atoms with E-state index in [4.69, 9.17) is 0 Å². The lowest BCUT2D eigenvalue weighted by atomic mass is 10.1. The first-order chi connectivity index (χ1) is 11.0. The van der Waals surface area contributed by atoms with Crippen LogP contribution in [0.2, 0.25) is 0 Å². The van der Waals surface area contributed by atoms with Gasteiger partial charge in [0.1, 0.15) is 5.82 Å². The lowest BCUT2D eigenvalue weighted by Crippen LogP contribution is -2.10. The second kappa shape index (κ2) is 6.34. The largest absolute Gasteiger partial charge is 0.325 e. The van der Waals surface area contributed by atoms with Crippen LogP contribution in [0.25, 0.3) is 11.3 Å². The van der Waals surface area contributed by atoms with Crippen LogP contribution in [0.5, 0.6) is 0 Å². The van der Waals surface area contributed by atoms with Crippen LogP contribution < -0.4 is 10.9 Å². The van der Waals surface area contributed by atoms with Crippen LogP contribution in [-0.2, 0) is 0 Å². The molecule has 23 heavy (non-hydrogen) atoms. The van der Waals surface area contributed by atoms with Gasteiger partial charge in [0.05, 0.1) is 11.4 Å². The van der Waals surface area contributed by atoms with Crippen LogP contribution in [0.1, 0.15) is 5.56 Å². The van der Waals surface area contributed by atoms with Crippen molar-refractivity contribution in [3.05, 3.63) is 74.7 Å². The molecule has 3 aromatic rings. The number of halogens is 2. The summed E-state index contributed by atoms with van der Waals surface area (Å²) in [5, 5.41) is 2.98. The number of hydrogen-bond donors (Lipinski definition) is 2. The maximum atomic E-state index is 13.1. The van der Waals surface area contributed by atoms with Crippen molar-refractivity contribution < 1.29 is 4.39 Å². The molecule has 3 rings (SSSR count).